The first kappa shape index (κ1) is 13.2. The highest BCUT2D eigenvalue weighted by Gasteiger charge is 2.45. The minimum absolute atomic E-state index is 0.0960. The van der Waals surface area contributed by atoms with Crippen molar-refractivity contribution in [1.82, 2.24) is 0 Å². The zero-order valence-electron chi connectivity index (χ0n) is 9.76. The predicted octanol–water partition coefficient (Wildman–Crippen LogP) is 0.770. The van der Waals surface area contributed by atoms with E-state index in [1.165, 1.54) is 38.5 Å². The first-order valence-corrected chi connectivity index (χ1v) is 4.93. The third-order valence-electron chi connectivity index (χ3n) is 2.26. The fraction of sp³-hybridized carbons (Fsp3) is 0.333. The number of hydrogen-bond donors (Lipinski definition) is 0. The summed E-state index contributed by atoms with van der Waals surface area (Å²) >= 11 is 0. The van der Waals surface area contributed by atoms with Gasteiger partial charge >= 0.3 is 5.97 Å². The van der Waals surface area contributed by atoms with E-state index in [2.05, 4.69) is 11.3 Å². The van der Waals surface area contributed by atoms with E-state index in [1.54, 1.807) is 0 Å². The lowest BCUT2D eigenvalue weighted by Crippen LogP contribution is -2.45. The van der Waals surface area contributed by atoms with Crippen molar-refractivity contribution in [2.24, 2.45) is 0 Å². The van der Waals surface area contributed by atoms with Crippen LogP contribution in [0.2, 0.25) is 0 Å². The average Bonchev–Trinajstić information content (AvgIpc) is 2.36. The summed E-state index contributed by atoms with van der Waals surface area (Å²) in [6, 6.07) is 0. The van der Waals surface area contributed by atoms with E-state index in [0.29, 0.717) is 0 Å². The van der Waals surface area contributed by atoms with Crippen LogP contribution >= 0.6 is 0 Å². The Morgan fingerprint density at radius 3 is 2.76 bits per heavy atom. The Kier molecular flexibility index (Phi) is 4.23. The fourth-order valence-corrected chi connectivity index (χ4v) is 1.47. The van der Waals surface area contributed by atoms with Gasteiger partial charge in [-0.05, 0) is 12.2 Å². The van der Waals surface area contributed by atoms with Gasteiger partial charge in [0.1, 0.15) is 5.76 Å². The summed E-state index contributed by atoms with van der Waals surface area (Å²) in [7, 11) is 2.59. The molecule has 1 unspecified atom stereocenters. The number of rotatable bonds is 5. The Labute approximate surface area is 99.3 Å². The van der Waals surface area contributed by atoms with Gasteiger partial charge in [-0.25, -0.2) is 4.79 Å². The van der Waals surface area contributed by atoms with E-state index >= 15 is 0 Å². The molecule has 0 aromatic carbocycles. The number of ether oxygens (including phenoxy) is 3. The molecule has 0 aromatic rings. The lowest BCUT2D eigenvalue weighted by Gasteiger charge is -2.30. The van der Waals surface area contributed by atoms with Gasteiger partial charge in [-0.3, -0.25) is 4.79 Å². The molecular weight excluding hydrogens is 224 g/mol. The largest absolute Gasteiger partial charge is 0.497 e. The van der Waals surface area contributed by atoms with Crippen molar-refractivity contribution < 1.29 is 23.8 Å². The minimum Gasteiger partial charge on any atom is -0.497 e. The zero-order valence-corrected chi connectivity index (χ0v) is 9.76. The summed E-state index contributed by atoms with van der Waals surface area (Å²) in [5.74, 6) is -0.835. The molecule has 92 valence electrons. The molecule has 0 fully saturated rings. The third kappa shape index (κ3) is 2.45. The molecule has 0 radical (unpaired) electrons. The third-order valence-corrected chi connectivity index (χ3v) is 2.26. The first-order chi connectivity index (χ1) is 8.10. The van der Waals surface area contributed by atoms with Gasteiger partial charge in [-0.15, -0.1) is 6.58 Å². The van der Waals surface area contributed by atoms with Crippen LogP contribution in [0.1, 0.15) is 0 Å². The van der Waals surface area contributed by atoms with E-state index < -0.39 is 11.6 Å². The molecule has 0 heterocycles. The fourth-order valence-electron chi connectivity index (χ4n) is 1.47. The number of ketones is 1. The van der Waals surface area contributed by atoms with E-state index in [-0.39, 0.29) is 18.1 Å². The van der Waals surface area contributed by atoms with Crippen LogP contribution in [-0.4, -0.2) is 38.2 Å². The van der Waals surface area contributed by atoms with Gasteiger partial charge in [0, 0.05) is 6.08 Å². The van der Waals surface area contributed by atoms with Crippen LogP contribution < -0.4 is 0 Å². The van der Waals surface area contributed by atoms with Crippen molar-refractivity contribution in [2.45, 2.75) is 5.60 Å². The molecule has 0 saturated heterocycles. The quantitative estimate of drug-likeness (QED) is 0.523. The van der Waals surface area contributed by atoms with E-state index in [1.807, 2.05) is 0 Å². The van der Waals surface area contributed by atoms with Crippen molar-refractivity contribution in [1.29, 1.82) is 0 Å². The molecule has 0 N–H and O–H groups in total. The standard InChI is InChI=1S/C12H14O5/c1-4-7-17-12(11(14)16-3)6-5-9(13)8-10(12)15-2/h4-6,8H,1,7H2,2-3H3. The molecule has 1 aliphatic rings. The lowest BCUT2D eigenvalue weighted by atomic mass is 9.94. The van der Waals surface area contributed by atoms with Crippen LogP contribution in [-0.2, 0) is 23.8 Å². The zero-order chi connectivity index (χ0) is 12.9. The maximum atomic E-state index is 11.8. The second-order valence-corrected chi connectivity index (χ2v) is 3.28. The normalized spacial score (nSPS) is 22.9. The van der Waals surface area contributed by atoms with Gasteiger partial charge < -0.3 is 14.2 Å². The van der Waals surface area contributed by atoms with Crippen molar-refractivity contribution in [2.75, 3.05) is 20.8 Å². The molecule has 0 amide bonds. The molecule has 0 spiro atoms. The highest BCUT2D eigenvalue weighted by Crippen LogP contribution is 2.29. The Morgan fingerprint density at radius 1 is 1.53 bits per heavy atom. The summed E-state index contributed by atoms with van der Waals surface area (Å²) in [6.45, 7) is 3.62. The van der Waals surface area contributed by atoms with Gasteiger partial charge in [0.05, 0.1) is 20.8 Å². The molecule has 1 aliphatic carbocycles. The molecule has 17 heavy (non-hydrogen) atoms. The molecule has 5 nitrogen and oxygen atoms in total. The number of allylic oxidation sites excluding steroid dienone is 2. The molecule has 0 aromatic heterocycles. The molecule has 1 rings (SSSR count). The molecule has 0 aliphatic heterocycles. The number of hydrogen-bond acceptors (Lipinski definition) is 5. The lowest BCUT2D eigenvalue weighted by molar-refractivity contribution is -0.161. The highest BCUT2D eigenvalue weighted by atomic mass is 16.6. The number of methoxy groups -OCH3 is 2. The van der Waals surface area contributed by atoms with Crippen LogP contribution in [0.4, 0.5) is 0 Å². The van der Waals surface area contributed by atoms with Gasteiger partial charge in [-0.2, -0.15) is 0 Å². The maximum absolute atomic E-state index is 11.8. The van der Waals surface area contributed by atoms with Crippen molar-refractivity contribution in [3.8, 4) is 0 Å². The second-order valence-electron chi connectivity index (χ2n) is 3.28. The summed E-state index contributed by atoms with van der Waals surface area (Å²) in [5, 5.41) is 0. The van der Waals surface area contributed by atoms with Crippen LogP contribution in [0.15, 0.2) is 36.6 Å². The smallest absolute Gasteiger partial charge is 0.350 e. The van der Waals surface area contributed by atoms with Crippen molar-refractivity contribution >= 4 is 11.8 Å². The monoisotopic (exact) mass is 238 g/mol. The van der Waals surface area contributed by atoms with Gasteiger partial charge in [0.2, 0.25) is 5.60 Å². The Bertz CT molecular complexity index is 394. The van der Waals surface area contributed by atoms with Gasteiger partial charge in [0.25, 0.3) is 0 Å². The Hall–Kier alpha value is -1.88. The number of esters is 1. The highest BCUT2D eigenvalue weighted by molar-refractivity contribution is 6.04. The van der Waals surface area contributed by atoms with Crippen LogP contribution in [0.3, 0.4) is 0 Å². The summed E-state index contributed by atoms with van der Waals surface area (Å²) in [5.41, 5.74) is -1.51. The molecular formula is C12H14O5. The average molecular weight is 238 g/mol. The number of carbonyl (C=O) groups is 2. The van der Waals surface area contributed by atoms with Crippen LogP contribution in [0.5, 0.6) is 0 Å². The Balaban J connectivity index is 3.16. The van der Waals surface area contributed by atoms with Crippen molar-refractivity contribution in [3.05, 3.63) is 36.6 Å². The maximum Gasteiger partial charge on any atom is 0.350 e. The minimum atomic E-state index is -1.51. The Morgan fingerprint density at radius 2 is 2.24 bits per heavy atom. The summed E-state index contributed by atoms with van der Waals surface area (Å²) < 4.78 is 15.1. The first-order valence-electron chi connectivity index (χ1n) is 4.93. The SMILES string of the molecule is C=CCOC1(C(=O)OC)C=CC(=O)C=C1OC. The summed E-state index contributed by atoms with van der Waals surface area (Å²) in [6.07, 6.45) is 5.24. The number of carbonyl (C=O) groups excluding carboxylic acids is 2. The summed E-state index contributed by atoms with van der Waals surface area (Å²) in [4.78, 5) is 23.0. The second kappa shape index (κ2) is 5.45. The van der Waals surface area contributed by atoms with E-state index in [9.17, 15) is 9.59 Å². The molecule has 1 atom stereocenters. The molecule has 0 saturated carbocycles. The van der Waals surface area contributed by atoms with Crippen LogP contribution in [0.25, 0.3) is 0 Å². The van der Waals surface area contributed by atoms with Crippen molar-refractivity contribution in [3.63, 3.8) is 0 Å². The predicted molar refractivity (Wildman–Crippen MR) is 60.1 cm³/mol. The topological polar surface area (TPSA) is 61.8 Å². The van der Waals surface area contributed by atoms with Crippen LogP contribution in [0, 0.1) is 0 Å². The van der Waals surface area contributed by atoms with E-state index in [0.717, 1.165) is 0 Å². The molecule has 5 heteroatoms. The van der Waals surface area contributed by atoms with Gasteiger partial charge in [0.15, 0.2) is 5.78 Å². The van der Waals surface area contributed by atoms with E-state index in [4.69, 9.17) is 9.47 Å². The molecule has 0 bridgehead atoms. The van der Waals surface area contributed by atoms with Gasteiger partial charge in [-0.1, -0.05) is 6.08 Å².